The Morgan fingerprint density at radius 2 is 1.61 bits per heavy atom. The van der Waals surface area contributed by atoms with Crippen LogP contribution in [0.25, 0.3) is 0 Å². The smallest absolute Gasteiger partial charge is 0.419 e. The van der Waals surface area contributed by atoms with Crippen LogP contribution < -0.4 is 4.90 Å². The summed E-state index contributed by atoms with van der Waals surface area (Å²) in [4.78, 5) is 37.1. The number of rotatable bonds is 2. The molecule has 168 valence electrons. The van der Waals surface area contributed by atoms with Crippen LogP contribution in [-0.2, 0) is 15.7 Å². The lowest BCUT2D eigenvalue weighted by Gasteiger charge is -2.47. The van der Waals surface area contributed by atoms with Gasteiger partial charge in [0.25, 0.3) is 0 Å². The van der Waals surface area contributed by atoms with Gasteiger partial charge >= 0.3 is 12.3 Å². The Kier molecular flexibility index (Phi) is 5.73. The van der Waals surface area contributed by atoms with E-state index in [9.17, 15) is 28.0 Å². The number of aromatic nitrogens is 2. The van der Waals surface area contributed by atoms with Crippen LogP contribution in [0.4, 0.5) is 23.9 Å². The minimum absolute atomic E-state index is 0.0422. The summed E-state index contributed by atoms with van der Waals surface area (Å²) in [6, 6.07) is 2.04. The molecule has 1 aromatic heterocycles. The number of hydrogen-bond donors (Lipinski definition) is 0. The van der Waals surface area contributed by atoms with Crippen LogP contribution in [0, 0.1) is 16.7 Å². The average Bonchev–Trinajstić information content (AvgIpc) is 2.65. The molecule has 9 nitrogen and oxygen atoms in total. The highest BCUT2D eigenvalue weighted by atomic mass is 19.4. The third kappa shape index (κ3) is 4.81. The molecule has 1 aromatic rings. The molecule has 0 bridgehead atoms. The summed E-state index contributed by atoms with van der Waals surface area (Å²) in [6.07, 6.45) is -3.63. The number of alkyl halides is 3. The van der Waals surface area contributed by atoms with Crippen molar-refractivity contribution in [2.24, 2.45) is 5.41 Å². The fourth-order valence-electron chi connectivity index (χ4n) is 3.36. The summed E-state index contributed by atoms with van der Waals surface area (Å²) < 4.78 is 43.2. The number of carbonyl (C=O) groups excluding carboxylic acids is 2. The van der Waals surface area contributed by atoms with Gasteiger partial charge in [0, 0.05) is 38.6 Å². The van der Waals surface area contributed by atoms with Crippen molar-refractivity contribution in [2.75, 3.05) is 44.2 Å². The third-order valence-electron chi connectivity index (χ3n) is 5.01. The number of ether oxygens (including phenoxy) is 1. The minimum Gasteiger partial charge on any atom is -0.444 e. The van der Waals surface area contributed by atoms with Gasteiger partial charge in [0.1, 0.15) is 5.60 Å². The fraction of sp³-hybridized carbons (Fsp3) is 0.632. The molecule has 2 aliphatic rings. The van der Waals surface area contributed by atoms with Crippen molar-refractivity contribution in [3.63, 3.8) is 0 Å². The van der Waals surface area contributed by atoms with E-state index < -0.39 is 28.8 Å². The van der Waals surface area contributed by atoms with Crippen LogP contribution in [0.5, 0.6) is 0 Å². The molecule has 12 heteroatoms. The quantitative estimate of drug-likeness (QED) is 0.692. The maximum absolute atomic E-state index is 12.9. The van der Waals surface area contributed by atoms with Crippen molar-refractivity contribution in [3.05, 3.63) is 18.0 Å². The van der Waals surface area contributed by atoms with E-state index in [1.807, 2.05) is 6.07 Å². The van der Waals surface area contributed by atoms with E-state index in [0.29, 0.717) is 13.1 Å². The Morgan fingerprint density at radius 3 is 2.06 bits per heavy atom. The molecule has 0 atom stereocenters. The van der Waals surface area contributed by atoms with Crippen LogP contribution in [-0.4, -0.2) is 76.6 Å². The fourth-order valence-corrected chi connectivity index (χ4v) is 3.36. The van der Waals surface area contributed by atoms with E-state index in [1.54, 1.807) is 25.7 Å². The summed E-state index contributed by atoms with van der Waals surface area (Å²) >= 11 is 0. The van der Waals surface area contributed by atoms with E-state index >= 15 is 0 Å². The third-order valence-corrected chi connectivity index (χ3v) is 5.01. The van der Waals surface area contributed by atoms with Gasteiger partial charge in [0.05, 0.1) is 24.7 Å². The Hall–Kier alpha value is -3.10. The molecular formula is C19H23F3N6O3. The maximum atomic E-state index is 12.9. The molecule has 0 N–H and O–H groups in total. The summed E-state index contributed by atoms with van der Waals surface area (Å²) in [5.41, 5.74) is -2.92. The monoisotopic (exact) mass is 440 g/mol. The van der Waals surface area contributed by atoms with Crippen LogP contribution in [0.2, 0.25) is 0 Å². The topological polar surface area (TPSA) is 103 Å². The Balaban J connectivity index is 1.56. The van der Waals surface area contributed by atoms with Gasteiger partial charge in [-0.05, 0) is 20.8 Å². The lowest BCUT2D eigenvalue weighted by Crippen LogP contribution is -2.66. The second-order valence-electron chi connectivity index (χ2n) is 8.58. The van der Waals surface area contributed by atoms with Crippen LogP contribution in [0.1, 0.15) is 26.3 Å². The van der Waals surface area contributed by atoms with Crippen LogP contribution in [0.3, 0.4) is 0 Å². The molecule has 3 heterocycles. The van der Waals surface area contributed by atoms with Crippen molar-refractivity contribution >= 4 is 17.9 Å². The highest BCUT2D eigenvalue weighted by Gasteiger charge is 2.54. The standard InChI is InChI=1S/C19H23F3N6O3/c1-17(2,3)31-16(30)28-11-18(10-23,12-28)14(29)26-4-6-27(7-5-26)15-24-8-13(9-25-15)19(20,21)22/h8-9H,4-7,11-12H2,1-3H3. The summed E-state index contributed by atoms with van der Waals surface area (Å²) in [5.74, 6) is -0.224. The molecule has 0 aliphatic carbocycles. The molecule has 2 amide bonds. The van der Waals surface area contributed by atoms with Gasteiger partial charge in [-0.3, -0.25) is 4.79 Å². The first-order valence-electron chi connectivity index (χ1n) is 9.67. The first-order valence-corrected chi connectivity index (χ1v) is 9.67. The molecule has 0 unspecified atom stereocenters. The van der Waals surface area contributed by atoms with Crippen molar-refractivity contribution in [2.45, 2.75) is 32.5 Å². The second kappa shape index (κ2) is 7.86. The van der Waals surface area contributed by atoms with Crippen molar-refractivity contribution in [3.8, 4) is 6.07 Å². The van der Waals surface area contributed by atoms with E-state index in [0.717, 1.165) is 12.4 Å². The second-order valence-corrected chi connectivity index (χ2v) is 8.58. The number of carbonyl (C=O) groups is 2. The largest absolute Gasteiger partial charge is 0.444 e. The van der Waals surface area contributed by atoms with Gasteiger partial charge in [-0.1, -0.05) is 0 Å². The Labute approximate surface area is 177 Å². The minimum atomic E-state index is -4.51. The molecule has 0 saturated carbocycles. The van der Waals surface area contributed by atoms with Crippen molar-refractivity contribution < 1.29 is 27.5 Å². The zero-order chi connectivity index (χ0) is 23.0. The molecule has 2 fully saturated rings. The average molecular weight is 440 g/mol. The van der Waals surface area contributed by atoms with E-state index in [4.69, 9.17) is 4.74 Å². The highest BCUT2D eigenvalue weighted by molar-refractivity contribution is 5.89. The van der Waals surface area contributed by atoms with Gasteiger partial charge in [-0.25, -0.2) is 14.8 Å². The number of nitriles is 1. The number of piperazine rings is 1. The first kappa shape index (κ1) is 22.6. The highest BCUT2D eigenvalue weighted by Crippen LogP contribution is 2.34. The van der Waals surface area contributed by atoms with Gasteiger partial charge in [0.2, 0.25) is 11.9 Å². The number of likely N-dealkylation sites (tertiary alicyclic amines) is 1. The number of anilines is 1. The van der Waals surface area contributed by atoms with Crippen molar-refractivity contribution in [1.82, 2.24) is 19.8 Å². The Bertz CT molecular complexity index is 877. The lowest BCUT2D eigenvalue weighted by molar-refractivity contribution is -0.147. The van der Waals surface area contributed by atoms with Crippen molar-refractivity contribution in [1.29, 1.82) is 5.26 Å². The van der Waals surface area contributed by atoms with E-state index in [2.05, 4.69) is 9.97 Å². The number of amides is 2. The van der Waals surface area contributed by atoms with Gasteiger partial charge in [-0.15, -0.1) is 0 Å². The predicted octanol–water partition coefficient (Wildman–Crippen LogP) is 1.90. The van der Waals surface area contributed by atoms with Gasteiger partial charge < -0.3 is 19.4 Å². The normalized spacial score (nSPS) is 18.8. The van der Waals surface area contributed by atoms with E-state index in [1.165, 1.54) is 9.80 Å². The molecule has 2 aliphatic heterocycles. The first-order chi connectivity index (χ1) is 14.3. The SMILES string of the molecule is CC(C)(C)OC(=O)N1CC(C#N)(C(=O)N2CCN(c3ncc(C(F)(F)F)cn3)CC2)C1. The number of halogens is 3. The van der Waals surface area contributed by atoms with Crippen LogP contribution in [0.15, 0.2) is 12.4 Å². The van der Waals surface area contributed by atoms with Gasteiger partial charge in [-0.2, -0.15) is 18.4 Å². The molecule has 3 rings (SSSR count). The lowest BCUT2D eigenvalue weighted by atomic mass is 9.80. The summed E-state index contributed by atoms with van der Waals surface area (Å²) in [7, 11) is 0. The predicted molar refractivity (Wildman–Crippen MR) is 102 cm³/mol. The van der Waals surface area contributed by atoms with E-state index in [-0.39, 0.29) is 38.0 Å². The number of nitrogens with zero attached hydrogens (tertiary/aromatic N) is 6. The zero-order valence-corrected chi connectivity index (χ0v) is 17.4. The number of hydrogen-bond acceptors (Lipinski definition) is 7. The molecule has 0 aromatic carbocycles. The maximum Gasteiger partial charge on any atom is 0.419 e. The summed E-state index contributed by atoms with van der Waals surface area (Å²) in [6.45, 7) is 6.26. The molecular weight excluding hydrogens is 417 g/mol. The molecule has 31 heavy (non-hydrogen) atoms. The molecule has 0 radical (unpaired) electrons. The zero-order valence-electron chi connectivity index (χ0n) is 17.4. The Morgan fingerprint density at radius 1 is 1.06 bits per heavy atom. The molecule has 0 spiro atoms. The van der Waals surface area contributed by atoms with Gasteiger partial charge in [0.15, 0.2) is 5.41 Å². The molecule has 2 saturated heterocycles. The summed E-state index contributed by atoms with van der Waals surface area (Å²) in [5, 5.41) is 9.59. The van der Waals surface area contributed by atoms with Crippen LogP contribution >= 0.6 is 0 Å².